The smallest absolute Gasteiger partial charge is 0.273 e. The van der Waals surface area contributed by atoms with Crippen molar-refractivity contribution < 1.29 is 31.6 Å². The van der Waals surface area contributed by atoms with Crippen molar-refractivity contribution in [1.29, 1.82) is 0 Å². The Hall–Kier alpha value is -2.62. The van der Waals surface area contributed by atoms with Crippen LogP contribution < -0.4 is 15.4 Å². The summed E-state index contributed by atoms with van der Waals surface area (Å²) in [6.45, 7) is 0.515. The molecule has 2 unspecified atom stereocenters. The molecule has 35 heavy (non-hydrogen) atoms. The monoisotopic (exact) mass is 620 g/mol. The standard InChI is InChI=1S/C22H23F2IN4O5S/c1-35(32,33)29-21-10-19(28-34-21)22(31)27-18(8-14-5-15(23)9-16(24)6-14)20(30)12-26-11-13-3-2-4-17(25)7-13/h2-7,9-10,18,20,26,29-30H,8,11-12H2,1H3,(H,27,31). The Kier molecular flexibility index (Phi) is 9.15. The number of sulfonamides is 1. The Morgan fingerprint density at radius 1 is 1.14 bits per heavy atom. The molecule has 9 nitrogen and oxygen atoms in total. The second kappa shape index (κ2) is 11.9. The molecule has 0 saturated heterocycles. The molecule has 188 valence electrons. The van der Waals surface area contributed by atoms with Crippen molar-refractivity contribution in [3.63, 3.8) is 0 Å². The van der Waals surface area contributed by atoms with Gasteiger partial charge in [-0.1, -0.05) is 17.3 Å². The van der Waals surface area contributed by atoms with E-state index in [0.717, 1.165) is 39.7 Å². The van der Waals surface area contributed by atoms with Crippen LogP contribution >= 0.6 is 22.6 Å². The van der Waals surface area contributed by atoms with Crippen LogP contribution in [0, 0.1) is 15.2 Å². The molecule has 0 bridgehead atoms. The molecule has 0 fully saturated rings. The van der Waals surface area contributed by atoms with E-state index in [0.29, 0.717) is 6.54 Å². The number of hydrogen-bond acceptors (Lipinski definition) is 7. The largest absolute Gasteiger partial charge is 0.390 e. The molecule has 1 amide bonds. The zero-order chi connectivity index (χ0) is 25.6. The maximum absolute atomic E-state index is 13.7. The van der Waals surface area contributed by atoms with Gasteiger partial charge in [-0.3, -0.25) is 9.52 Å². The summed E-state index contributed by atoms with van der Waals surface area (Å²) in [6.07, 6.45) is -0.323. The third-order valence-corrected chi connectivity index (χ3v) is 6.00. The van der Waals surface area contributed by atoms with E-state index >= 15 is 0 Å². The van der Waals surface area contributed by atoms with Gasteiger partial charge < -0.3 is 20.3 Å². The Morgan fingerprint density at radius 2 is 1.86 bits per heavy atom. The van der Waals surface area contributed by atoms with E-state index in [1.54, 1.807) is 0 Å². The van der Waals surface area contributed by atoms with Gasteiger partial charge >= 0.3 is 0 Å². The lowest BCUT2D eigenvalue weighted by molar-refractivity contribution is 0.0821. The number of nitrogens with one attached hydrogen (secondary N) is 3. The van der Waals surface area contributed by atoms with Crippen molar-refractivity contribution in [2.45, 2.75) is 25.1 Å². The summed E-state index contributed by atoms with van der Waals surface area (Å²) in [6, 6.07) is 10.8. The van der Waals surface area contributed by atoms with Crippen molar-refractivity contribution in [2.75, 3.05) is 17.5 Å². The van der Waals surface area contributed by atoms with E-state index in [1.807, 2.05) is 24.3 Å². The molecule has 1 heterocycles. The summed E-state index contributed by atoms with van der Waals surface area (Å²) >= 11 is 2.19. The number of amides is 1. The average Bonchev–Trinajstić information content (AvgIpc) is 3.19. The SMILES string of the molecule is CS(=O)(=O)Nc1cc(C(=O)NC(Cc2cc(F)cc(F)c2)C(O)CNCc2cccc(I)c2)no1. The molecule has 2 aromatic carbocycles. The van der Waals surface area contributed by atoms with Gasteiger partial charge in [0.15, 0.2) is 5.69 Å². The number of carbonyl (C=O) groups is 1. The molecule has 3 rings (SSSR count). The highest BCUT2D eigenvalue weighted by Crippen LogP contribution is 2.15. The van der Waals surface area contributed by atoms with Crippen LogP contribution in [-0.4, -0.2) is 49.5 Å². The van der Waals surface area contributed by atoms with Crippen LogP contribution in [0.5, 0.6) is 0 Å². The summed E-state index contributed by atoms with van der Waals surface area (Å²) < 4.78 is 57.9. The number of aliphatic hydroxyl groups excluding tert-OH is 1. The molecule has 0 aliphatic rings. The maximum atomic E-state index is 13.7. The van der Waals surface area contributed by atoms with Crippen molar-refractivity contribution in [3.8, 4) is 0 Å². The lowest BCUT2D eigenvalue weighted by atomic mass is 10.0. The van der Waals surface area contributed by atoms with Crippen LogP contribution in [0.15, 0.2) is 53.1 Å². The van der Waals surface area contributed by atoms with Crippen LogP contribution in [0.2, 0.25) is 0 Å². The lowest BCUT2D eigenvalue weighted by Gasteiger charge is -2.24. The van der Waals surface area contributed by atoms with Gasteiger partial charge in [-0.05, 0) is 64.4 Å². The van der Waals surface area contributed by atoms with Crippen molar-refractivity contribution in [3.05, 3.63) is 80.6 Å². The van der Waals surface area contributed by atoms with Crippen LogP contribution in [0.4, 0.5) is 14.7 Å². The predicted molar refractivity (Wildman–Crippen MR) is 133 cm³/mol. The first-order valence-corrected chi connectivity index (χ1v) is 13.3. The molecule has 0 radical (unpaired) electrons. The minimum atomic E-state index is -3.65. The average molecular weight is 620 g/mol. The van der Waals surface area contributed by atoms with Crippen LogP contribution in [-0.2, 0) is 23.0 Å². The first-order valence-electron chi connectivity index (χ1n) is 10.3. The molecule has 2 atom stereocenters. The molecule has 1 aromatic heterocycles. The van der Waals surface area contributed by atoms with Gasteiger partial charge in [-0.15, -0.1) is 0 Å². The number of rotatable bonds is 11. The molecule has 13 heteroatoms. The first-order chi connectivity index (χ1) is 16.5. The Bertz CT molecular complexity index is 1270. The second-order valence-corrected chi connectivity index (χ2v) is 10.8. The minimum Gasteiger partial charge on any atom is -0.390 e. The van der Waals surface area contributed by atoms with Gasteiger partial charge in [-0.25, -0.2) is 17.2 Å². The zero-order valence-corrected chi connectivity index (χ0v) is 21.4. The fraction of sp³-hybridized carbons (Fsp3) is 0.273. The molecule has 0 aliphatic heterocycles. The third-order valence-electron chi connectivity index (χ3n) is 4.76. The Morgan fingerprint density at radius 3 is 2.51 bits per heavy atom. The highest BCUT2D eigenvalue weighted by Gasteiger charge is 2.25. The Balaban J connectivity index is 1.71. The zero-order valence-electron chi connectivity index (χ0n) is 18.5. The topological polar surface area (TPSA) is 134 Å². The van der Waals surface area contributed by atoms with Crippen LogP contribution in [0.3, 0.4) is 0 Å². The quantitative estimate of drug-likeness (QED) is 0.242. The highest BCUT2D eigenvalue weighted by atomic mass is 127. The lowest BCUT2D eigenvalue weighted by Crippen LogP contribution is -2.48. The fourth-order valence-electron chi connectivity index (χ4n) is 3.27. The molecular formula is C22H23F2IN4O5S. The summed E-state index contributed by atoms with van der Waals surface area (Å²) in [4.78, 5) is 12.7. The number of anilines is 1. The molecule has 4 N–H and O–H groups in total. The molecule has 0 spiro atoms. The number of aromatic nitrogens is 1. The molecule has 0 saturated carbocycles. The number of carbonyl (C=O) groups excluding carboxylic acids is 1. The normalized spacial score (nSPS) is 13.3. The number of nitrogens with zero attached hydrogens (tertiary/aromatic N) is 1. The van der Waals surface area contributed by atoms with Gasteiger partial charge in [0.1, 0.15) is 11.6 Å². The van der Waals surface area contributed by atoms with Gasteiger partial charge in [0.25, 0.3) is 5.91 Å². The minimum absolute atomic E-state index is 0.0634. The molecule has 3 aromatic rings. The first kappa shape index (κ1) is 27.0. The highest BCUT2D eigenvalue weighted by molar-refractivity contribution is 14.1. The summed E-state index contributed by atoms with van der Waals surface area (Å²) in [5, 5.41) is 20.0. The molecule has 0 aliphatic carbocycles. The van der Waals surface area contributed by atoms with E-state index in [2.05, 4.69) is 43.1 Å². The number of hydrogen-bond donors (Lipinski definition) is 4. The molecular weight excluding hydrogens is 597 g/mol. The van der Waals surface area contributed by atoms with Crippen LogP contribution in [0.1, 0.15) is 21.6 Å². The Labute approximate surface area is 214 Å². The van der Waals surface area contributed by atoms with Crippen molar-refractivity contribution in [2.24, 2.45) is 0 Å². The van der Waals surface area contributed by atoms with Gasteiger partial charge in [-0.2, -0.15) is 0 Å². The van der Waals surface area contributed by atoms with Gasteiger partial charge in [0.2, 0.25) is 15.9 Å². The van der Waals surface area contributed by atoms with E-state index in [1.165, 1.54) is 0 Å². The van der Waals surface area contributed by atoms with E-state index < -0.39 is 39.7 Å². The predicted octanol–water partition coefficient (Wildman–Crippen LogP) is 2.42. The number of benzene rings is 2. The summed E-state index contributed by atoms with van der Waals surface area (Å²) in [5.74, 6) is -2.61. The summed E-state index contributed by atoms with van der Waals surface area (Å²) in [5.41, 5.74) is 0.972. The van der Waals surface area contributed by atoms with Crippen molar-refractivity contribution >= 4 is 44.4 Å². The number of halogens is 3. The van der Waals surface area contributed by atoms with E-state index in [9.17, 15) is 27.1 Å². The van der Waals surface area contributed by atoms with Gasteiger partial charge in [0, 0.05) is 28.8 Å². The van der Waals surface area contributed by atoms with Crippen molar-refractivity contribution in [1.82, 2.24) is 15.8 Å². The van der Waals surface area contributed by atoms with E-state index in [-0.39, 0.29) is 30.1 Å². The second-order valence-electron chi connectivity index (χ2n) is 7.84. The summed E-state index contributed by atoms with van der Waals surface area (Å²) in [7, 11) is -3.65. The third kappa shape index (κ3) is 8.83. The van der Waals surface area contributed by atoms with Crippen LogP contribution in [0.25, 0.3) is 0 Å². The maximum Gasteiger partial charge on any atom is 0.273 e. The van der Waals surface area contributed by atoms with E-state index in [4.69, 9.17) is 4.52 Å². The van der Waals surface area contributed by atoms with Gasteiger partial charge in [0.05, 0.1) is 18.4 Å². The fourth-order valence-corrected chi connectivity index (χ4v) is 4.34. The number of aliphatic hydroxyl groups is 1.